The van der Waals surface area contributed by atoms with Crippen molar-refractivity contribution in [1.29, 1.82) is 5.26 Å². The van der Waals surface area contributed by atoms with Gasteiger partial charge in [-0.1, -0.05) is 31.4 Å². The maximum absolute atomic E-state index is 12.3. The molecule has 3 rings (SSSR count). The number of carbonyl (C=O) groups excluding carboxylic acids is 1. The Balaban J connectivity index is 1.85. The van der Waals surface area contributed by atoms with Crippen LogP contribution in [0.4, 0.5) is 5.00 Å². The molecule has 5 nitrogen and oxygen atoms in total. The van der Waals surface area contributed by atoms with E-state index < -0.39 is 6.61 Å². The van der Waals surface area contributed by atoms with Gasteiger partial charge in [0, 0.05) is 6.42 Å². The Morgan fingerprint density at radius 1 is 1.48 bits per heavy atom. The van der Waals surface area contributed by atoms with Crippen molar-refractivity contribution in [3.05, 3.63) is 46.1 Å². The van der Waals surface area contributed by atoms with Gasteiger partial charge in [0.1, 0.15) is 11.6 Å². The summed E-state index contributed by atoms with van der Waals surface area (Å²) < 4.78 is 0. The SMILES string of the molecule is Cc1nc(CC2CCC2)sc1N(Cc1cccc(C#N)c1)C(=O)CO. The van der Waals surface area contributed by atoms with E-state index in [0.717, 1.165) is 27.7 Å². The van der Waals surface area contributed by atoms with Crippen LogP contribution in [-0.4, -0.2) is 22.6 Å². The zero-order chi connectivity index (χ0) is 17.8. The summed E-state index contributed by atoms with van der Waals surface area (Å²) in [5.41, 5.74) is 2.23. The van der Waals surface area contributed by atoms with Gasteiger partial charge in [0.25, 0.3) is 5.91 Å². The molecule has 1 aromatic carbocycles. The standard InChI is InChI=1S/C19H21N3O2S/c1-13-19(25-17(21-13)9-14-4-2-5-14)22(18(24)12-23)11-16-7-3-6-15(8-16)10-20/h3,6-8,14,23H,2,4-5,9,11-12H2,1H3. The van der Waals surface area contributed by atoms with Gasteiger partial charge in [0.15, 0.2) is 0 Å². The minimum Gasteiger partial charge on any atom is -0.387 e. The highest BCUT2D eigenvalue weighted by Crippen LogP contribution is 2.35. The summed E-state index contributed by atoms with van der Waals surface area (Å²) >= 11 is 1.54. The second-order valence-corrected chi connectivity index (χ2v) is 7.51. The molecule has 1 aliphatic rings. The third-order valence-corrected chi connectivity index (χ3v) is 5.79. The number of nitriles is 1. The number of aromatic nitrogens is 1. The number of hydrogen-bond acceptors (Lipinski definition) is 5. The monoisotopic (exact) mass is 355 g/mol. The van der Waals surface area contributed by atoms with E-state index in [9.17, 15) is 9.90 Å². The highest BCUT2D eigenvalue weighted by Gasteiger charge is 2.24. The molecule has 1 heterocycles. The molecule has 130 valence electrons. The fourth-order valence-electron chi connectivity index (χ4n) is 3.01. The van der Waals surface area contributed by atoms with Gasteiger partial charge in [0.2, 0.25) is 0 Å². The molecule has 6 heteroatoms. The van der Waals surface area contributed by atoms with E-state index >= 15 is 0 Å². The van der Waals surface area contributed by atoms with Gasteiger partial charge in [-0.3, -0.25) is 9.69 Å². The van der Waals surface area contributed by atoms with Crippen LogP contribution in [0.3, 0.4) is 0 Å². The predicted octanol–water partition coefficient (Wildman–Crippen LogP) is 3.19. The topological polar surface area (TPSA) is 77.2 Å². The number of aliphatic hydroxyl groups is 1. The number of anilines is 1. The van der Waals surface area contributed by atoms with Gasteiger partial charge in [0.05, 0.1) is 28.9 Å². The zero-order valence-electron chi connectivity index (χ0n) is 14.2. The van der Waals surface area contributed by atoms with Crippen LogP contribution < -0.4 is 4.90 Å². The molecule has 0 radical (unpaired) electrons. The maximum Gasteiger partial charge on any atom is 0.253 e. The Morgan fingerprint density at radius 2 is 2.28 bits per heavy atom. The number of rotatable bonds is 6. The Morgan fingerprint density at radius 3 is 2.92 bits per heavy atom. The van der Waals surface area contributed by atoms with Crippen molar-refractivity contribution in [2.24, 2.45) is 5.92 Å². The highest BCUT2D eigenvalue weighted by atomic mass is 32.1. The summed E-state index contributed by atoms with van der Waals surface area (Å²) in [6, 6.07) is 9.29. The fraction of sp³-hybridized carbons (Fsp3) is 0.421. The Bertz CT molecular complexity index is 805. The molecule has 1 amide bonds. The predicted molar refractivity (Wildman–Crippen MR) is 97.3 cm³/mol. The van der Waals surface area contributed by atoms with Gasteiger partial charge in [-0.2, -0.15) is 5.26 Å². The molecule has 0 spiro atoms. The van der Waals surface area contributed by atoms with Crippen LogP contribution in [-0.2, 0) is 17.8 Å². The maximum atomic E-state index is 12.3. The first-order chi connectivity index (χ1) is 12.1. The van der Waals surface area contributed by atoms with Crippen LogP contribution in [0.1, 0.15) is 41.1 Å². The lowest BCUT2D eigenvalue weighted by Gasteiger charge is -2.24. The summed E-state index contributed by atoms with van der Waals surface area (Å²) in [6.07, 6.45) is 4.78. The van der Waals surface area contributed by atoms with Crippen molar-refractivity contribution in [3.63, 3.8) is 0 Å². The van der Waals surface area contributed by atoms with Crippen molar-refractivity contribution >= 4 is 22.2 Å². The van der Waals surface area contributed by atoms with Crippen LogP contribution in [0.5, 0.6) is 0 Å². The number of thiazole rings is 1. The first kappa shape index (κ1) is 17.6. The second-order valence-electron chi connectivity index (χ2n) is 6.45. The minimum absolute atomic E-state index is 0.320. The minimum atomic E-state index is -0.548. The summed E-state index contributed by atoms with van der Waals surface area (Å²) in [5.74, 6) is 0.358. The molecule has 0 aliphatic heterocycles. The Hall–Kier alpha value is -2.23. The summed E-state index contributed by atoms with van der Waals surface area (Å²) in [4.78, 5) is 18.5. The van der Waals surface area contributed by atoms with Crippen molar-refractivity contribution in [1.82, 2.24) is 4.98 Å². The molecule has 1 N–H and O–H groups in total. The molecule has 0 unspecified atom stereocenters. The number of benzene rings is 1. The van der Waals surface area contributed by atoms with Crippen molar-refractivity contribution in [3.8, 4) is 6.07 Å². The van der Waals surface area contributed by atoms with Crippen LogP contribution in [0.25, 0.3) is 0 Å². The molecule has 25 heavy (non-hydrogen) atoms. The van der Waals surface area contributed by atoms with Crippen molar-refractivity contribution < 1.29 is 9.90 Å². The molecule has 1 fully saturated rings. The first-order valence-electron chi connectivity index (χ1n) is 8.47. The molecule has 1 saturated carbocycles. The smallest absolute Gasteiger partial charge is 0.253 e. The van der Waals surface area contributed by atoms with Crippen LogP contribution in [0.15, 0.2) is 24.3 Å². The van der Waals surface area contributed by atoms with Crippen LogP contribution >= 0.6 is 11.3 Å². The van der Waals surface area contributed by atoms with E-state index in [0.29, 0.717) is 18.0 Å². The van der Waals surface area contributed by atoms with Crippen LogP contribution in [0.2, 0.25) is 0 Å². The zero-order valence-corrected chi connectivity index (χ0v) is 15.1. The summed E-state index contributed by atoms with van der Waals surface area (Å²) in [7, 11) is 0. The van der Waals surface area contributed by atoms with E-state index in [-0.39, 0.29) is 5.91 Å². The van der Waals surface area contributed by atoms with Gasteiger partial charge < -0.3 is 5.11 Å². The number of aryl methyl sites for hydroxylation is 1. The molecule has 0 bridgehead atoms. The molecule has 2 aromatic rings. The number of carbonyl (C=O) groups is 1. The molecule has 1 aromatic heterocycles. The number of hydrogen-bond donors (Lipinski definition) is 1. The molecular weight excluding hydrogens is 334 g/mol. The van der Waals surface area contributed by atoms with E-state index in [4.69, 9.17) is 5.26 Å². The fourth-order valence-corrected chi connectivity index (χ4v) is 4.20. The average Bonchev–Trinajstić information content (AvgIpc) is 2.96. The normalized spacial score (nSPS) is 14.0. The van der Waals surface area contributed by atoms with E-state index in [1.54, 1.807) is 23.1 Å². The van der Waals surface area contributed by atoms with E-state index in [1.807, 2.05) is 13.0 Å². The van der Waals surface area contributed by atoms with Gasteiger partial charge in [-0.25, -0.2) is 4.98 Å². The van der Waals surface area contributed by atoms with E-state index in [2.05, 4.69) is 11.1 Å². The van der Waals surface area contributed by atoms with Crippen LogP contribution in [0, 0.1) is 24.2 Å². The third kappa shape index (κ3) is 4.06. The van der Waals surface area contributed by atoms with Gasteiger partial charge in [-0.05, 0) is 30.5 Å². The molecule has 1 aliphatic carbocycles. The summed E-state index contributed by atoms with van der Waals surface area (Å²) in [6.45, 7) is 1.67. The number of nitrogens with zero attached hydrogens (tertiary/aromatic N) is 3. The lowest BCUT2D eigenvalue weighted by molar-refractivity contribution is -0.121. The molecule has 0 atom stereocenters. The lowest BCUT2D eigenvalue weighted by atomic mass is 9.83. The number of aliphatic hydroxyl groups excluding tert-OH is 1. The Kier molecular flexibility index (Phi) is 5.47. The van der Waals surface area contributed by atoms with Gasteiger partial charge >= 0.3 is 0 Å². The third-order valence-electron chi connectivity index (χ3n) is 4.58. The molecule has 0 saturated heterocycles. The number of amides is 1. The largest absolute Gasteiger partial charge is 0.387 e. The first-order valence-corrected chi connectivity index (χ1v) is 9.29. The second kappa shape index (κ2) is 7.77. The van der Waals surface area contributed by atoms with Crippen molar-refractivity contribution in [2.75, 3.05) is 11.5 Å². The summed E-state index contributed by atoms with van der Waals surface area (Å²) in [5, 5.41) is 20.3. The highest BCUT2D eigenvalue weighted by molar-refractivity contribution is 7.16. The quantitative estimate of drug-likeness (QED) is 0.863. The van der Waals surface area contributed by atoms with Crippen molar-refractivity contribution in [2.45, 2.75) is 39.2 Å². The Labute approximate surface area is 151 Å². The van der Waals surface area contributed by atoms with Gasteiger partial charge in [-0.15, -0.1) is 11.3 Å². The average molecular weight is 355 g/mol. The lowest BCUT2D eigenvalue weighted by Crippen LogP contribution is -2.32. The molecular formula is C19H21N3O2S. The van der Waals surface area contributed by atoms with E-state index in [1.165, 1.54) is 30.6 Å².